The first-order valence-electron chi connectivity index (χ1n) is 3.45. The minimum Gasteiger partial charge on any atom is -0.319 e. The van der Waals surface area contributed by atoms with Crippen LogP contribution in [0.4, 0.5) is 0 Å². The van der Waals surface area contributed by atoms with Gasteiger partial charge in [-0.25, -0.2) is 5.84 Å². The smallest absolute Gasteiger partial charge is 0.0225 e. The zero-order chi connectivity index (χ0) is 8.57. The third-order valence-corrected chi connectivity index (χ3v) is 1.12. The van der Waals surface area contributed by atoms with Crippen LogP contribution in [0.2, 0.25) is 0 Å². The molecule has 0 saturated carbocycles. The Morgan fingerprint density at radius 3 is 2.10 bits per heavy atom. The Morgan fingerprint density at radius 2 is 2.00 bits per heavy atom. The fourth-order valence-electron chi connectivity index (χ4n) is 0.305. The molecule has 0 heterocycles. The van der Waals surface area contributed by atoms with Crippen LogP contribution in [0.3, 0.4) is 0 Å². The molecule has 62 valence electrons. The summed E-state index contributed by atoms with van der Waals surface area (Å²) in [5.41, 5.74) is 0.917. The lowest BCUT2D eigenvalue weighted by Crippen LogP contribution is -2.24. The molecule has 0 aromatic heterocycles. The molecule has 0 aliphatic rings. The largest absolute Gasteiger partial charge is 0.319 e. The molecule has 0 aromatic carbocycles. The van der Waals surface area contributed by atoms with Gasteiger partial charge in [0.15, 0.2) is 0 Å². The van der Waals surface area contributed by atoms with Gasteiger partial charge >= 0.3 is 0 Å². The zero-order valence-corrected chi connectivity index (χ0v) is 7.99. The Bertz CT molecular complexity index is 81.7. The minimum absolute atomic E-state index is 0.806. The van der Waals surface area contributed by atoms with Crippen LogP contribution < -0.4 is 5.84 Å². The van der Waals surface area contributed by atoms with Crippen molar-refractivity contribution in [3.8, 4) is 0 Å². The van der Waals surface area contributed by atoms with Gasteiger partial charge in [0.2, 0.25) is 0 Å². The van der Waals surface area contributed by atoms with Crippen LogP contribution in [0.15, 0.2) is 12.3 Å². The first-order chi connectivity index (χ1) is 4.68. The molecule has 0 aromatic rings. The Balaban J connectivity index is 0. The van der Waals surface area contributed by atoms with E-state index in [4.69, 9.17) is 5.84 Å². The number of hydrogen-bond acceptors (Lipinski definition) is 3. The lowest BCUT2D eigenvalue weighted by molar-refractivity contribution is 0.430. The second-order valence-electron chi connectivity index (χ2n) is 1.65. The molecule has 0 amide bonds. The van der Waals surface area contributed by atoms with Crippen molar-refractivity contribution in [3.63, 3.8) is 0 Å². The molecule has 0 rings (SSSR count). The standard InChI is InChI=1S/C5H12N2S.C2H6/c1-5(3-4-8)7(2)6;1-2/h8H,1,3-4,6H2,2H3;1-2H3. The van der Waals surface area contributed by atoms with Gasteiger partial charge in [0.1, 0.15) is 0 Å². The SMILES string of the molecule is C=C(CCS)N(C)N.CC. The number of allylic oxidation sites excluding steroid dienone is 1. The van der Waals surface area contributed by atoms with Crippen molar-refractivity contribution >= 4 is 12.6 Å². The Hall–Kier alpha value is -0.150. The van der Waals surface area contributed by atoms with E-state index in [-0.39, 0.29) is 0 Å². The predicted molar refractivity (Wildman–Crippen MR) is 50.9 cm³/mol. The van der Waals surface area contributed by atoms with Gasteiger partial charge in [-0.15, -0.1) is 0 Å². The van der Waals surface area contributed by atoms with Gasteiger partial charge in [-0.1, -0.05) is 20.4 Å². The lowest BCUT2D eigenvalue weighted by Gasteiger charge is -2.12. The fraction of sp³-hybridized carbons (Fsp3) is 0.714. The molecular weight excluding hydrogens is 144 g/mol. The highest BCUT2D eigenvalue weighted by atomic mass is 32.1. The second-order valence-corrected chi connectivity index (χ2v) is 2.10. The van der Waals surface area contributed by atoms with Crippen molar-refractivity contribution in [1.82, 2.24) is 5.01 Å². The fourth-order valence-corrected chi connectivity index (χ4v) is 0.564. The van der Waals surface area contributed by atoms with Crippen LogP contribution >= 0.6 is 12.6 Å². The van der Waals surface area contributed by atoms with E-state index in [1.807, 2.05) is 13.8 Å². The average Bonchev–Trinajstić information content (AvgIpc) is 1.93. The van der Waals surface area contributed by atoms with Gasteiger partial charge < -0.3 is 5.01 Å². The third-order valence-electron chi connectivity index (χ3n) is 0.899. The lowest BCUT2D eigenvalue weighted by atomic mass is 10.4. The van der Waals surface area contributed by atoms with Crippen LogP contribution in [-0.4, -0.2) is 17.8 Å². The van der Waals surface area contributed by atoms with E-state index in [9.17, 15) is 0 Å². The van der Waals surface area contributed by atoms with Gasteiger partial charge in [-0.05, 0) is 12.2 Å². The van der Waals surface area contributed by atoms with Crippen molar-refractivity contribution in [2.45, 2.75) is 20.3 Å². The summed E-state index contributed by atoms with van der Waals surface area (Å²) >= 11 is 4.01. The van der Waals surface area contributed by atoms with Gasteiger partial charge in [-0.2, -0.15) is 12.6 Å². The first-order valence-corrected chi connectivity index (χ1v) is 4.08. The summed E-state index contributed by atoms with van der Waals surface area (Å²) < 4.78 is 0. The maximum Gasteiger partial charge on any atom is 0.0225 e. The molecule has 0 bridgehead atoms. The van der Waals surface area contributed by atoms with E-state index in [0.717, 1.165) is 17.9 Å². The third kappa shape index (κ3) is 7.85. The minimum atomic E-state index is 0.806. The van der Waals surface area contributed by atoms with E-state index in [0.29, 0.717) is 0 Å². The highest BCUT2D eigenvalue weighted by Crippen LogP contribution is 1.98. The number of rotatable bonds is 3. The Kier molecular flexibility index (Phi) is 11.1. The molecule has 0 aliphatic carbocycles. The monoisotopic (exact) mass is 162 g/mol. The van der Waals surface area contributed by atoms with Gasteiger partial charge in [0, 0.05) is 12.7 Å². The van der Waals surface area contributed by atoms with Crippen LogP contribution in [0.25, 0.3) is 0 Å². The Morgan fingerprint density at radius 1 is 1.60 bits per heavy atom. The van der Waals surface area contributed by atoms with Crippen molar-refractivity contribution < 1.29 is 0 Å². The molecule has 0 unspecified atom stereocenters. The van der Waals surface area contributed by atoms with Crippen molar-refractivity contribution in [1.29, 1.82) is 0 Å². The molecule has 0 spiro atoms. The molecule has 0 atom stereocenters. The van der Waals surface area contributed by atoms with Gasteiger partial charge in [0.25, 0.3) is 0 Å². The zero-order valence-electron chi connectivity index (χ0n) is 7.09. The second kappa shape index (κ2) is 8.85. The summed E-state index contributed by atoms with van der Waals surface area (Å²) in [5, 5.41) is 1.51. The Labute approximate surface area is 69.5 Å². The highest BCUT2D eigenvalue weighted by Gasteiger charge is 1.91. The summed E-state index contributed by atoms with van der Waals surface area (Å²) in [5.74, 6) is 6.13. The summed E-state index contributed by atoms with van der Waals surface area (Å²) in [6.07, 6.45) is 0.857. The van der Waals surface area contributed by atoms with E-state index in [1.165, 1.54) is 5.01 Å². The molecule has 0 fully saturated rings. The summed E-state index contributed by atoms with van der Waals surface area (Å²) in [6, 6.07) is 0. The number of hydrazine groups is 1. The van der Waals surface area contributed by atoms with Gasteiger partial charge in [-0.3, -0.25) is 0 Å². The number of nitrogens with two attached hydrogens (primary N) is 1. The first kappa shape index (κ1) is 12.5. The molecule has 2 nitrogen and oxygen atoms in total. The van der Waals surface area contributed by atoms with E-state index in [1.54, 1.807) is 7.05 Å². The summed E-state index contributed by atoms with van der Waals surface area (Å²) in [4.78, 5) is 0. The molecule has 10 heavy (non-hydrogen) atoms. The van der Waals surface area contributed by atoms with Crippen molar-refractivity contribution in [3.05, 3.63) is 12.3 Å². The molecular formula is C7H18N2S. The quantitative estimate of drug-likeness (QED) is 0.375. The van der Waals surface area contributed by atoms with Gasteiger partial charge in [0.05, 0.1) is 0 Å². The molecule has 0 aliphatic heterocycles. The van der Waals surface area contributed by atoms with Crippen molar-refractivity contribution in [2.75, 3.05) is 12.8 Å². The van der Waals surface area contributed by atoms with Crippen LogP contribution in [0, 0.1) is 0 Å². The normalized spacial score (nSPS) is 7.70. The average molecular weight is 162 g/mol. The predicted octanol–water partition coefficient (Wildman–Crippen LogP) is 1.65. The van der Waals surface area contributed by atoms with E-state index in [2.05, 4.69) is 19.2 Å². The summed E-state index contributed by atoms with van der Waals surface area (Å²) in [6.45, 7) is 7.70. The molecule has 3 heteroatoms. The van der Waals surface area contributed by atoms with E-state index < -0.39 is 0 Å². The van der Waals surface area contributed by atoms with Crippen LogP contribution in [0.5, 0.6) is 0 Å². The van der Waals surface area contributed by atoms with E-state index >= 15 is 0 Å². The topological polar surface area (TPSA) is 29.3 Å². The molecule has 2 N–H and O–H groups in total. The highest BCUT2D eigenvalue weighted by molar-refractivity contribution is 7.80. The maximum atomic E-state index is 5.32. The number of thiol groups is 1. The van der Waals surface area contributed by atoms with Crippen LogP contribution in [0.1, 0.15) is 20.3 Å². The molecule has 0 radical (unpaired) electrons. The summed E-state index contributed by atoms with van der Waals surface area (Å²) in [7, 11) is 1.77. The number of hydrogen-bond donors (Lipinski definition) is 2. The molecule has 0 saturated heterocycles. The number of nitrogens with zero attached hydrogens (tertiary/aromatic N) is 1. The maximum absolute atomic E-state index is 5.32. The van der Waals surface area contributed by atoms with Crippen molar-refractivity contribution in [2.24, 2.45) is 5.84 Å². The van der Waals surface area contributed by atoms with Crippen LogP contribution in [-0.2, 0) is 0 Å².